The second-order valence-corrected chi connectivity index (χ2v) is 6.85. The van der Waals surface area contributed by atoms with Gasteiger partial charge in [0.15, 0.2) is 0 Å². The van der Waals surface area contributed by atoms with Gasteiger partial charge in [0.1, 0.15) is 0 Å². The maximum absolute atomic E-state index is 12.1. The first kappa shape index (κ1) is 15.1. The summed E-state index contributed by atoms with van der Waals surface area (Å²) in [4.78, 5) is 24.9. The van der Waals surface area contributed by atoms with E-state index in [-0.39, 0.29) is 6.03 Å². The average Bonchev–Trinajstić information content (AvgIpc) is 2.82. The van der Waals surface area contributed by atoms with Gasteiger partial charge in [0, 0.05) is 19.6 Å². The van der Waals surface area contributed by atoms with Crippen LogP contribution < -0.4 is 5.32 Å². The quantitative estimate of drug-likeness (QED) is 0.834. The van der Waals surface area contributed by atoms with Crippen LogP contribution >= 0.6 is 0 Å². The second kappa shape index (κ2) is 6.02. The fraction of sp³-hybridized carbons (Fsp3) is 0.867. The molecule has 1 aliphatic heterocycles. The van der Waals surface area contributed by atoms with Gasteiger partial charge in [0.2, 0.25) is 0 Å². The lowest BCUT2D eigenvalue weighted by Gasteiger charge is -2.27. The molecule has 0 radical (unpaired) electrons. The van der Waals surface area contributed by atoms with Crippen molar-refractivity contribution < 1.29 is 14.7 Å². The first-order valence-electron chi connectivity index (χ1n) is 7.67. The highest BCUT2D eigenvalue weighted by Crippen LogP contribution is 2.30. The maximum Gasteiger partial charge on any atom is 0.317 e. The molecule has 1 aliphatic carbocycles. The Morgan fingerprint density at radius 1 is 1.30 bits per heavy atom. The van der Waals surface area contributed by atoms with Gasteiger partial charge in [0.05, 0.1) is 5.41 Å². The van der Waals surface area contributed by atoms with Crippen molar-refractivity contribution in [2.45, 2.75) is 46.0 Å². The Labute approximate surface area is 120 Å². The van der Waals surface area contributed by atoms with Gasteiger partial charge in [-0.2, -0.15) is 0 Å². The number of rotatable bonds is 3. The summed E-state index contributed by atoms with van der Waals surface area (Å²) < 4.78 is 0. The zero-order valence-corrected chi connectivity index (χ0v) is 12.5. The minimum absolute atomic E-state index is 0.103. The average molecular weight is 282 g/mol. The van der Waals surface area contributed by atoms with Crippen LogP contribution in [-0.4, -0.2) is 41.6 Å². The van der Waals surface area contributed by atoms with E-state index < -0.39 is 11.4 Å². The van der Waals surface area contributed by atoms with Crippen LogP contribution in [0.3, 0.4) is 0 Å². The standard InChI is InChI=1S/C15H26N2O3/c1-11-3-5-12(6-4-11)9-16-14(20)17-8-7-15(2,10-17)13(18)19/h11-12H,3-10H2,1-2H3,(H,16,20)(H,18,19). The van der Waals surface area contributed by atoms with Crippen molar-refractivity contribution >= 4 is 12.0 Å². The van der Waals surface area contributed by atoms with E-state index in [2.05, 4.69) is 12.2 Å². The fourth-order valence-corrected chi connectivity index (χ4v) is 3.19. The van der Waals surface area contributed by atoms with Crippen molar-refractivity contribution in [3.8, 4) is 0 Å². The van der Waals surface area contributed by atoms with E-state index in [1.165, 1.54) is 25.7 Å². The van der Waals surface area contributed by atoms with Crippen molar-refractivity contribution in [1.82, 2.24) is 10.2 Å². The summed E-state index contributed by atoms with van der Waals surface area (Å²) in [6.07, 6.45) is 5.42. The van der Waals surface area contributed by atoms with Gasteiger partial charge in [-0.05, 0) is 38.0 Å². The highest BCUT2D eigenvalue weighted by atomic mass is 16.4. The Balaban J connectivity index is 1.75. The van der Waals surface area contributed by atoms with E-state index in [4.69, 9.17) is 0 Å². The Morgan fingerprint density at radius 2 is 1.95 bits per heavy atom. The smallest absolute Gasteiger partial charge is 0.317 e. The number of carbonyl (C=O) groups excluding carboxylic acids is 1. The molecule has 1 heterocycles. The van der Waals surface area contributed by atoms with Crippen molar-refractivity contribution in [2.75, 3.05) is 19.6 Å². The molecule has 2 amide bonds. The molecule has 1 saturated carbocycles. The normalized spacial score (nSPS) is 34.0. The van der Waals surface area contributed by atoms with Gasteiger partial charge in [0.25, 0.3) is 0 Å². The Bertz CT molecular complexity index is 377. The number of amides is 2. The summed E-state index contributed by atoms with van der Waals surface area (Å²) in [5.41, 5.74) is -0.780. The zero-order chi connectivity index (χ0) is 14.8. The number of aliphatic carboxylic acids is 1. The molecule has 0 aromatic rings. The summed E-state index contributed by atoms with van der Waals surface area (Å²) in [5, 5.41) is 12.2. The third-order valence-electron chi connectivity index (χ3n) is 4.95. The number of hydrogen-bond donors (Lipinski definition) is 2. The minimum atomic E-state index is -0.811. The van der Waals surface area contributed by atoms with Gasteiger partial charge in [-0.15, -0.1) is 0 Å². The molecule has 0 aromatic carbocycles. The Hall–Kier alpha value is -1.26. The Morgan fingerprint density at radius 3 is 2.50 bits per heavy atom. The molecule has 1 unspecified atom stereocenters. The van der Waals surface area contributed by atoms with Crippen LogP contribution in [0.1, 0.15) is 46.0 Å². The molecular weight excluding hydrogens is 256 g/mol. The van der Waals surface area contributed by atoms with Crippen molar-refractivity contribution in [3.63, 3.8) is 0 Å². The lowest BCUT2D eigenvalue weighted by molar-refractivity contribution is -0.146. The van der Waals surface area contributed by atoms with E-state index in [1.807, 2.05) is 0 Å². The van der Waals surface area contributed by atoms with Crippen LogP contribution in [0.15, 0.2) is 0 Å². The summed E-state index contributed by atoms with van der Waals surface area (Å²) in [7, 11) is 0. The second-order valence-electron chi connectivity index (χ2n) is 6.85. The van der Waals surface area contributed by atoms with Crippen molar-refractivity contribution in [2.24, 2.45) is 17.3 Å². The number of urea groups is 1. The lowest BCUT2D eigenvalue weighted by Crippen LogP contribution is -2.42. The summed E-state index contributed by atoms with van der Waals surface area (Å²) >= 11 is 0. The molecule has 1 atom stereocenters. The number of carbonyl (C=O) groups is 2. The maximum atomic E-state index is 12.1. The van der Waals surface area contributed by atoms with E-state index in [0.717, 1.165) is 12.5 Å². The number of carboxylic acid groups (broad SMARTS) is 1. The predicted molar refractivity (Wildman–Crippen MR) is 76.5 cm³/mol. The number of nitrogens with one attached hydrogen (secondary N) is 1. The number of likely N-dealkylation sites (tertiary alicyclic amines) is 1. The first-order valence-corrected chi connectivity index (χ1v) is 7.67. The van der Waals surface area contributed by atoms with Crippen LogP contribution in [0, 0.1) is 17.3 Å². The molecule has 0 bridgehead atoms. The van der Waals surface area contributed by atoms with Gasteiger partial charge in [-0.25, -0.2) is 4.79 Å². The van der Waals surface area contributed by atoms with E-state index >= 15 is 0 Å². The predicted octanol–water partition coefficient (Wildman–Crippen LogP) is 2.32. The molecule has 2 aliphatic rings. The first-order chi connectivity index (χ1) is 9.40. The van der Waals surface area contributed by atoms with Crippen LogP contribution in [0.25, 0.3) is 0 Å². The topological polar surface area (TPSA) is 69.6 Å². The summed E-state index contributed by atoms with van der Waals surface area (Å²) in [5.74, 6) is 0.592. The van der Waals surface area contributed by atoms with Gasteiger partial charge < -0.3 is 15.3 Å². The van der Waals surface area contributed by atoms with Crippen molar-refractivity contribution in [1.29, 1.82) is 0 Å². The Kier molecular flexibility index (Phi) is 4.55. The molecule has 0 spiro atoms. The molecule has 0 aromatic heterocycles. The molecule has 114 valence electrons. The highest BCUT2D eigenvalue weighted by molar-refractivity contribution is 5.79. The molecule has 20 heavy (non-hydrogen) atoms. The third-order valence-corrected chi connectivity index (χ3v) is 4.95. The molecular formula is C15H26N2O3. The van der Waals surface area contributed by atoms with Crippen molar-refractivity contribution in [3.05, 3.63) is 0 Å². The van der Waals surface area contributed by atoms with E-state index in [0.29, 0.717) is 25.4 Å². The van der Waals surface area contributed by atoms with Gasteiger partial charge in [-0.1, -0.05) is 19.8 Å². The van der Waals surface area contributed by atoms with Crippen LogP contribution in [0.2, 0.25) is 0 Å². The van der Waals surface area contributed by atoms with Crippen LogP contribution in [0.4, 0.5) is 4.79 Å². The minimum Gasteiger partial charge on any atom is -0.481 e. The molecule has 2 N–H and O–H groups in total. The molecule has 2 rings (SSSR count). The molecule has 5 heteroatoms. The molecule has 2 fully saturated rings. The van der Waals surface area contributed by atoms with E-state index in [9.17, 15) is 14.7 Å². The summed E-state index contributed by atoms with van der Waals surface area (Å²) in [6.45, 7) is 5.58. The lowest BCUT2D eigenvalue weighted by atomic mass is 9.83. The van der Waals surface area contributed by atoms with Crippen LogP contribution in [0.5, 0.6) is 0 Å². The highest BCUT2D eigenvalue weighted by Gasteiger charge is 2.42. The zero-order valence-electron chi connectivity index (χ0n) is 12.5. The van der Waals surface area contributed by atoms with Gasteiger partial charge >= 0.3 is 12.0 Å². The van der Waals surface area contributed by atoms with Gasteiger partial charge in [-0.3, -0.25) is 4.79 Å². The number of nitrogens with zero attached hydrogens (tertiary/aromatic N) is 1. The number of hydrogen-bond acceptors (Lipinski definition) is 2. The SMILES string of the molecule is CC1CCC(CNC(=O)N2CCC(C)(C(=O)O)C2)CC1. The largest absolute Gasteiger partial charge is 0.481 e. The van der Waals surface area contributed by atoms with Crippen LogP contribution in [-0.2, 0) is 4.79 Å². The summed E-state index contributed by atoms with van der Waals surface area (Å²) in [6, 6.07) is -0.103. The van der Waals surface area contributed by atoms with E-state index in [1.54, 1.807) is 11.8 Å². The monoisotopic (exact) mass is 282 g/mol. The number of carboxylic acids is 1. The molecule has 5 nitrogen and oxygen atoms in total. The fourth-order valence-electron chi connectivity index (χ4n) is 3.19. The third kappa shape index (κ3) is 3.44. The molecule has 1 saturated heterocycles.